The van der Waals surface area contributed by atoms with Gasteiger partial charge in [0.25, 0.3) is 0 Å². The highest BCUT2D eigenvalue weighted by Gasteiger charge is 2.29. The molecule has 1 aromatic carbocycles. The molecular formula is C14H17ClO2. The number of benzene rings is 1. The first-order valence-electron chi connectivity index (χ1n) is 6.32. The number of ether oxygens (including phenoxy) is 1. The van der Waals surface area contributed by atoms with Crippen molar-refractivity contribution in [3.8, 4) is 5.75 Å². The van der Waals surface area contributed by atoms with E-state index >= 15 is 0 Å². The quantitative estimate of drug-likeness (QED) is 0.718. The van der Waals surface area contributed by atoms with Crippen molar-refractivity contribution < 1.29 is 9.84 Å². The largest absolute Gasteiger partial charge is 0.493 e. The van der Waals surface area contributed by atoms with Crippen LogP contribution in [0.15, 0.2) is 6.07 Å². The van der Waals surface area contributed by atoms with E-state index in [4.69, 9.17) is 16.3 Å². The van der Waals surface area contributed by atoms with Crippen LogP contribution in [0.2, 0.25) is 5.02 Å². The maximum Gasteiger partial charge on any atom is 0.126 e. The van der Waals surface area contributed by atoms with Crippen molar-refractivity contribution >= 4 is 11.6 Å². The standard InChI is InChI=1S/C14H17ClO2/c1-8-2-3-10-13(12(16)6-8)11(15)7-9-4-5-17-14(9)10/h7-8,12,16H,2-6H2,1H3. The summed E-state index contributed by atoms with van der Waals surface area (Å²) in [5.74, 6) is 1.53. The van der Waals surface area contributed by atoms with E-state index in [-0.39, 0.29) is 0 Å². The summed E-state index contributed by atoms with van der Waals surface area (Å²) in [6.45, 7) is 2.93. The molecule has 3 heteroatoms. The lowest BCUT2D eigenvalue weighted by Gasteiger charge is -2.17. The number of aliphatic hydroxyl groups excluding tert-OH is 1. The van der Waals surface area contributed by atoms with Crippen molar-refractivity contribution in [2.75, 3.05) is 6.61 Å². The third-order valence-electron chi connectivity index (χ3n) is 3.91. The van der Waals surface area contributed by atoms with E-state index in [1.54, 1.807) is 0 Å². The summed E-state index contributed by atoms with van der Waals surface area (Å²) in [6, 6.07) is 1.97. The molecule has 92 valence electrons. The molecule has 1 aliphatic carbocycles. The molecule has 1 heterocycles. The first kappa shape index (κ1) is 11.4. The molecule has 0 saturated carbocycles. The van der Waals surface area contributed by atoms with E-state index in [2.05, 4.69) is 6.92 Å². The fourth-order valence-corrected chi connectivity index (χ4v) is 3.37. The molecule has 1 N–H and O–H groups in total. The van der Waals surface area contributed by atoms with Crippen molar-refractivity contribution in [2.24, 2.45) is 5.92 Å². The van der Waals surface area contributed by atoms with Crippen LogP contribution in [-0.4, -0.2) is 11.7 Å². The Bertz CT molecular complexity index is 456. The molecule has 1 aromatic rings. The second-order valence-electron chi connectivity index (χ2n) is 5.23. The Morgan fingerprint density at radius 2 is 2.24 bits per heavy atom. The molecule has 2 nitrogen and oxygen atoms in total. The van der Waals surface area contributed by atoms with E-state index in [0.29, 0.717) is 10.9 Å². The van der Waals surface area contributed by atoms with Gasteiger partial charge in [-0.25, -0.2) is 0 Å². The van der Waals surface area contributed by atoms with Crippen LogP contribution >= 0.6 is 11.6 Å². The van der Waals surface area contributed by atoms with Crippen LogP contribution in [0.3, 0.4) is 0 Å². The molecular weight excluding hydrogens is 236 g/mol. The summed E-state index contributed by atoms with van der Waals surface area (Å²) in [6.07, 6.45) is 3.36. The normalized spacial score (nSPS) is 27.0. The van der Waals surface area contributed by atoms with Crippen molar-refractivity contribution in [1.82, 2.24) is 0 Å². The number of hydrogen-bond donors (Lipinski definition) is 1. The number of fused-ring (bicyclic) bond motifs is 3. The van der Waals surface area contributed by atoms with Gasteiger partial charge < -0.3 is 9.84 Å². The summed E-state index contributed by atoms with van der Waals surface area (Å²) < 4.78 is 5.72. The second-order valence-corrected chi connectivity index (χ2v) is 5.64. The fourth-order valence-electron chi connectivity index (χ4n) is 3.00. The first-order valence-corrected chi connectivity index (χ1v) is 6.69. The molecule has 0 spiro atoms. The van der Waals surface area contributed by atoms with Gasteiger partial charge in [0, 0.05) is 22.6 Å². The van der Waals surface area contributed by atoms with Crippen LogP contribution in [0, 0.1) is 5.92 Å². The minimum absolute atomic E-state index is 0.440. The van der Waals surface area contributed by atoms with E-state index < -0.39 is 6.10 Å². The van der Waals surface area contributed by atoms with Crippen molar-refractivity contribution in [2.45, 2.75) is 38.7 Å². The van der Waals surface area contributed by atoms with Crippen molar-refractivity contribution in [1.29, 1.82) is 0 Å². The Kier molecular flexibility index (Phi) is 2.80. The number of halogens is 1. The lowest BCUT2D eigenvalue weighted by molar-refractivity contribution is 0.150. The maximum absolute atomic E-state index is 10.3. The average Bonchev–Trinajstić information content (AvgIpc) is 2.66. The molecule has 3 rings (SSSR count). The van der Waals surface area contributed by atoms with Gasteiger partial charge in [0.2, 0.25) is 0 Å². The van der Waals surface area contributed by atoms with Crippen LogP contribution in [0.25, 0.3) is 0 Å². The van der Waals surface area contributed by atoms with Crippen LogP contribution in [-0.2, 0) is 12.8 Å². The molecule has 0 aromatic heterocycles. The van der Waals surface area contributed by atoms with E-state index in [0.717, 1.165) is 49.2 Å². The SMILES string of the molecule is CC1CCc2c3c(cc(Cl)c2C(O)C1)CCO3. The van der Waals surface area contributed by atoms with Crippen LogP contribution < -0.4 is 4.74 Å². The molecule has 0 fully saturated rings. The van der Waals surface area contributed by atoms with Crippen LogP contribution in [0.5, 0.6) is 5.75 Å². The summed E-state index contributed by atoms with van der Waals surface area (Å²) >= 11 is 6.33. The Balaban J connectivity index is 2.16. The topological polar surface area (TPSA) is 29.5 Å². The smallest absolute Gasteiger partial charge is 0.126 e. The van der Waals surface area contributed by atoms with E-state index in [1.165, 1.54) is 5.56 Å². The highest BCUT2D eigenvalue weighted by Crippen LogP contribution is 2.43. The monoisotopic (exact) mass is 252 g/mol. The van der Waals surface area contributed by atoms with Gasteiger partial charge in [0.1, 0.15) is 5.75 Å². The van der Waals surface area contributed by atoms with Gasteiger partial charge in [-0.05, 0) is 36.8 Å². The third-order valence-corrected chi connectivity index (χ3v) is 4.23. The van der Waals surface area contributed by atoms with Gasteiger partial charge in [0.05, 0.1) is 12.7 Å². The fraction of sp³-hybridized carbons (Fsp3) is 0.571. The third kappa shape index (κ3) is 1.84. The van der Waals surface area contributed by atoms with E-state index in [1.807, 2.05) is 6.07 Å². The number of aliphatic hydroxyl groups is 1. The molecule has 0 bridgehead atoms. The number of hydrogen-bond acceptors (Lipinski definition) is 2. The molecule has 0 saturated heterocycles. The summed E-state index contributed by atoms with van der Waals surface area (Å²) in [4.78, 5) is 0. The molecule has 0 amide bonds. The van der Waals surface area contributed by atoms with Gasteiger partial charge in [-0.1, -0.05) is 18.5 Å². The van der Waals surface area contributed by atoms with Gasteiger partial charge in [-0.15, -0.1) is 0 Å². The van der Waals surface area contributed by atoms with E-state index in [9.17, 15) is 5.11 Å². The zero-order valence-electron chi connectivity index (χ0n) is 10.0. The average molecular weight is 253 g/mol. The summed E-state index contributed by atoms with van der Waals surface area (Å²) in [5, 5.41) is 11.0. The zero-order valence-corrected chi connectivity index (χ0v) is 10.8. The Hall–Kier alpha value is -0.730. The second kappa shape index (κ2) is 4.18. The predicted octanol–water partition coefficient (Wildman–Crippen LogP) is 3.28. The van der Waals surface area contributed by atoms with Crippen molar-refractivity contribution in [3.63, 3.8) is 0 Å². The highest BCUT2D eigenvalue weighted by molar-refractivity contribution is 6.31. The summed E-state index contributed by atoms with van der Waals surface area (Å²) in [5.41, 5.74) is 3.27. The minimum Gasteiger partial charge on any atom is -0.493 e. The molecule has 0 radical (unpaired) electrons. The minimum atomic E-state index is -0.440. The lowest BCUT2D eigenvalue weighted by atomic mass is 9.96. The summed E-state index contributed by atoms with van der Waals surface area (Å²) in [7, 11) is 0. The van der Waals surface area contributed by atoms with Gasteiger partial charge in [-0.3, -0.25) is 0 Å². The van der Waals surface area contributed by atoms with Crippen LogP contribution in [0.4, 0.5) is 0 Å². The van der Waals surface area contributed by atoms with Gasteiger partial charge >= 0.3 is 0 Å². The van der Waals surface area contributed by atoms with Gasteiger partial charge in [-0.2, -0.15) is 0 Å². The molecule has 17 heavy (non-hydrogen) atoms. The lowest BCUT2D eigenvalue weighted by Crippen LogP contribution is -2.03. The Labute approximate surface area is 107 Å². The number of rotatable bonds is 0. The Morgan fingerprint density at radius 3 is 3.06 bits per heavy atom. The Morgan fingerprint density at radius 1 is 1.41 bits per heavy atom. The molecule has 1 aliphatic heterocycles. The first-order chi connectivity index (χ1) is 8.16. The molecule has 2 unspecified atom stereocenters. The zero-order chi connectivity index (χ0) is 12.0. The van der Waals surface area contributed by atoms with Crippen LogP contribution in [0.1, 0.15) is 42.6 Å². The van der Waals surface area contributed by atoms with Crippen molar-refractivity contribution in [3.05, 3.63) is 27.8 Å². The highest BCUT2D eigenvalue weighted by atomic mass is 35.5. The maximum atomic E-state index is 10.3. The van der Waals surface area contributed by atoms with Gasteiger partial charge in [0.15, 0.2) is 0 Å². The molecule has 2 atom stereocenters. The predicted molar refractivity (Wildman–Crippen MR) is 67.7 cm³/mol. The molecule has 2 aliphatic rings.